The van der Waals surface area contributed by atoms with Crippen LogP contribution in [0.4, 0.5) is 4.39 Å². The normalized spacial score (nSPS) is 11.8. The summed E-state index contributed by atoms with van der Waals surface area (Å²) in [5.41, 5.74) is 6.78. The first kappa shape index (κ1) is 20.5. The van der Waals surface area contributed by atoms with Gasteiger partial charge in [0.1, 0.15) is 5.82 Å². The van der Waals surface area contributed by atoms with E-state index in [2.05, 4.69) is 12.1 Å². The molecule has 0 saturated heterocycles. The fraction of sp³-hybridized carbons (Fsp3) is 0.120. The lowest BCUT2D eigenvalue weighted by Crippen LogP contribution is -2.18. The summed E-state index contributed by atoms with van der Waals surface area (Å²) in [4.78, 5) is 11.6. The second kappa shape index (κ2) is 8.93. The highest BCUT2D eigenvalue weighted by Crippen LogP contribution is 2.27. The number of hydrogen-bond acceptors (Lipinski definition) is 3. The van der Waals surface area contributed by atoms with Crippen LogP contribution in [0.2, 0.25) is 0 Å². The van der Waals surface area contributed by atoms with Crippen molar-refractivity contribution in [3.63, 3.8) is 0 Å². The Bertz CT molecular complexity index is 1170. The molecule has 4 rings (SSSR count). The number of rotatable bonds is 6. The van der Waals surface area contributed by atoms with Crippen molar-refractivity contribution in [2.75, 3.05) is 0 Å². The molecule has 0 fully saturated rings. The monoisotopic (exact) mass is 415 g/mol. The lowest BCUT2D eigenvalue weighted by molar-refractivity contribution is 0.0706. The van der Waals surface area contributed by atoms with Crippen molar-refractivity contribution in [1.29, 1.82) is 0 Å². The van der Waals surface area contributed by atoms with Gasteiger partial charge in [-0.05, 0) is 60.5 Å². The molecule has 2 N–H and O–H groups in total. The Morgan fingerprint density at radius 1 is 1.03 bits per heavy atom. The summed E-state index contributed by atoms with van der Waals surface area (Å²) in [5, 5.41) is 13.6. The summed E-state index contributed by atoms with van der Waals surface area (Å²) in [6.45, 7) is 2.04. The van der Waals surface area contributed by atoms with Gasteiger partial charge in [-0.15, -0.1) is 0 Å². The molecule has 3 aromatic carbocycles. The van der Waals surface area contributed by atoms with Crippen LogP contribution in [0.25, 0.3) is 11.3 Å². The van der Waals surface area contributed by atoms with E-state index in [9.17, 15) is 9.18 Å². The number of carbonyl (C=O) groups is 1. The maximum Gasteiger partial charge on any atom is 0.274 e. The Hall–Kier alpha value is -3.77. The molecular weight excluding hydrogens is 393 g/mol. The summed E-state index contributed by atoms with van der Waals surface area (Å²) < 4.78 is 15.3. The van der Waals surface area contributed by atoms with Crippen molar-refractivity contribution in [1.82, 2.24) is 15.3 Å². The van der Waals surface area contributed by atoms with Crippen LogP contribution < -0.4 is 5.48 Å². The summed E-state index contributed by atoms with van der Waals surface area (Å²) in [6, 6.07) is 25.4. The van der Waals surface area contributed by atoms with E-state index in [4.69, 9.17) is 10.3 Å². The Morgan fingerprint density at radius 2 is 1.71 bits per heavy atom. The summed E-state index contributed by atoms with van der Waals surface area (Å²) >= 11 is 0. The SMILES string of the molecule is CC(c1ccc(C(=O)NO)cc1)n1nc(-c2ccc(F)cc2)cc1Cc1ccccc1. The smallest absolute Gasteiger partial charge is 0.274 e. The van der Waals surface area contributed by atoms with Crippen molar-refractivity contribution in [2.45, 2.75) is 19.4 Å². The molecule has 0 aliphatic heterocycles. The van der Waals surface area contributed by atoms with E-state index in [1.54, 1.807) is 29.7 Å². The van der Waals surface area contributed by atoms with Crippen LogP contribution in [0.15, 0.2) is 84.9 Å². The van der Waals surface area contributed by atoms with Crippen LogP contribution in [-0.4, -0.2) is 20.9 Å². The first-order chi connectivity index (χ1) is 15.0. The molecule has 1 amide bonds. The van der Waals surface area contributed by atoms with E-state index in [0.717, 1.165) is 28.1 Å². The highest BCUT2D eigenvalue weighted by atomic mass is 19.1. The quantitative estimate of drug-likeness (QED) is 0.344. The van der Waals surface area contributed by atoms with E-state index in [1.165, 1.54) is 12.1 Å². The first-order valence-electron chi connectivity index (χ1n) is 9.98. The molecule has 1 unspecified atom stereocenters. The van der Waals surface area contributed by atoms with Gasteiger partial charge in [0, 0.05) is 23.2 Å². The first-order valence-corrected chi connectivity index (χ1v) is 9.98. The zero-order chi connectivity index (χ0) is 21.8. The molecule has 1 atom stereocenters. The average Bonchev–Trinajstić information content (AvgIpc) is 3.23. The van der Waals surface area contributed by atoms with Gasteiger partial charge in [-0.1, -0.05) is 42.5 Å². The lowest BCUT2D eigenvalue weighted by Gasteiger charge is -2.17. The van der Waals surface area contributed by atoms with E-state index in [1.807, 2.05) is 48.0 Å². The summed E-state index contributed by atoms with van der Waals surface area (Å²) in [6.07, 6.45) is 0.699. The average molecular weight is 415 g/mol. The Balaban J connectivity index is 1.71. The van der Waals surface area contributed by atoms with Gasteiger partial charge in [0.15, 0.2) is 0 Å². The second-order valence-electron chi connectivity index (χ2n) is 7.37. The van der Waals surface area contributed by atoms with E-state index in [0.29, 0.717) is 12.0 Å². The third-order valence-electron chi connectivity index (χ3n) is 5.30. The Morgan fingerprint density at radius 3 is 2.35 bits per heavy atom. The van der Waals surface area contributed by atoms with Crippen LogP contribution in [0, 0.1) is 5.82 Å². The molecule has 0 bridgehead atoms. The maximum atomic E-state index is 13.4. The van der Waals surface area contributed by atoms with Crippen LogP contribution >= 0.6 is 0 Å². The molecule has 4 aromatic rings. The van der Waals surface area contributed by atoms with Gasteiger partial charge in [0.2, 0.25) is 0 Å². The van der Waals surface area contributed by atoms with Gasteiger partial charge in [-0.2, -0.15) is 5.10 Å². The van der Waals surface area contributed by atoms with Crippen molar-refractivity contribution < 1.29 is 14.4 Å². The topological polar surface area (TPSA) is 67.2 Å². The zero-order valence-corrected chi connectivity index (χ0v) is 17.0. The van der Waals surface area contributed by atoms with E-state index in [-0.39, 0.29) is 11.9 Å². The molecule has 1 aromatic heterocycles. The lowest BCUT2D eigenvalue weighted by atomic mass is 10.0. The van der Waals surface area contributed by atoms with Crippen molar-refractivity contribution in [3.8, 4) is 11.3 Å². The molecule has 31 heavy (non-hydrogen) atoms. The number of aromatic nitrogens is 2. The number of halogens is 1. The zero-order valence-electron chi connectivity index (χ0n) is 17.0. The van der Waals surface area contributed by atoms with Gasteiger partial charge in [0.05, 0.1) is 11.7 Å². The summed E-state index contributed by atoms with van der Waals surface area (Å²) in [5.74, 6) is -0.838. The summed E-state index contributed by atoms with van der Waals surface area (Å²) in [7, 11) is 0. The third-order valence-corrected chi connectivity index (χ3v) is 5.30. The highest BCUT2D eigenvalue weighted by molar-refractivity contribution is 5.93. The molecule has 0 spiro atoms. The Kier molecular flexibility index (Phi) is 5.91. The fourth-order valence-electron chi connectivity index (χ4n) is 3.59. The predicted molar refractivity (Wildman–Crippen MR) is 116 cm³/mol. The van der Waals surface area contributed by atoms with Crippen molar-refractivity contribution >= 4 is 5.91 Å². The largest absolute Gasteiger partial charge is 0.288 e. The van der Waals surface area contributed by atoms with Gasteiger partial charge in [-0.3, -0.25) is 14.7 Å². The van der Waals surface area contributed by atoms with Gasteiger partial charge in [-0.25, -0.2) is 9.87 Å². The molecule has 5 nitrogen and oxygen atoms in total. The predicted octanol–water partition coefficient (Wildman–Crippen LogP) is 5.01. The van der Waals surface area contributed by atoms with Crippen LogP contribution in [-0.2, 0) is 6.42 Å². The minimum atomic E-state index is -0.554. The number of nitrogens with one attached hydrogen (secondary N) is 1. The second-order valence-corrected chi connectivity index (χ2v) is 7.37. The number of amides is 1. The van der Waals surface area contributed by atoms with Gasteiger partial charge in [0.25, 0.3) is 5.91 Å². The number of benzene rings is 3. The molecule has 0 aliphatic carbocycles. The molecule has 0 aliphatic rings. The fourth-order valence-corrected chi connectivity index (χ4v) is 3.59. The highest BCUT2D eigenvalue weighted by Gasteiger charge is 2.17. The molecule has 0 radical (unpaired) electrons. The molecule has 156 valence electrons. The van der Waals surface area contributed by atoms with Crippen LogP contribution in [0.1, 0.15) is 40.1 Å². The standard InChI is InChI=1S/C25H22FN3O2/c1-17(19-7-9-21(10-8-19)25(30)28-31)29-23(15-18-5-3-2-4-6-18)16-24(27-29)20-11-13-22(26)14-12-20/h2-14,16-17,31H,15H2,1H3,(H,28,30). The van der Waals surface area contributed by atoms with Crippen molar-refractivity contribution in [3.05, 3.63) is 113 Å². The molecule has 6 heteroatoms. The maximum absolute atomic E-state index is 13.4. The van der Waals surface area contributed by atoms with Crippen LogP contribution in [0.5, 0.6) is 0 Å². The minimum absolute atomic E-state index is 0.0980. The third kappa shape index (κ3) is 4.54. The van der Waals surface area contributed by atoms with Gasteiger partial charge < -0.3 is 0 Å². The number of hydrogen-bond donors (Lipinski definition) is 2. The molecule has 0 saturated carbocycles. The number of hydroxylamine groups is 1. The van der Waals surface area contributed by atoms with Gasteiger partial charge >= 0.3 is 0 Å². The van der Waals surface area contributed by atoms with E-state index >= 15 is 0 Å². The van der Waals surface area contributed by atoms with E-state index < -0.39 is 5.91 Å². The molecule has 1 heterocycles. The molecular formula is C25H22FN3O2. The number of nitrogens with zero attached hydrogens (tertiary/aromatic N) is 2. The minimum Gasteiger partial charge on any atom is -0.288 e. The Labute approximate surface area is 179 Å². The number of carbonyl (C=O) groups excluding carboxylic acids is 1. The van der Waals surface area contributed by atoms with Crippen molar-refractivity contribution in [2.24, 2.45) is 0 Å². The van der Waals surface area contributed by atoms with Crippen LogP contribution in [0.3, 0.4) is 0 Å².